The van der Waals surface area contributed by atoms with Crippen LogP contribution in [0.4, 0.5) is 0 Å². The van der Waals surface area contributed by atoms with Crippen LogP contribution in [0.25, 0.3) is 0 Å². The molecule has 0 radical (unpaired) electrons. The number of hydrogen-bond donors (Lipinski definition) is 2. The van der Waals surface area contributed by atoms with Gasteiger partial charge < -0.3 is 30.0 Å². The highest BCUT2D eigenvalue weighted by molar-refractivity contribution is 8.77. The van der Waals surface area contributed by atoms with E-state index in [2.05, 4.69) is 33.0 Å². The minimum atomic E-state index is -0.168. The number of rotatable bonds is 18. The Kier molecular flexibility index (Phi) is 15.9. The number of hydrogen-bond acceptors (Lipinski definition) is 8. The molecule has 1 unspecified atom stereocenters. The molecule has 0 spiro atoms. The van der Waals surface area contributed by atoms with Gasteiger partial charge in [-0.3, -0.25) is 4.79 Å². The first-order valence-electron chi connectivity index (χ1n) is 11.2. The van der Waals surface area contributed by atoms with Crippen LogP contribution in [-0.2, 0) is 14.2 Å². The van der Waals surface area contributed by atoms with Gasteiger partial charge in [-0.15, -0.1) is 0 Å². The Bertz CT molecular complexity index is 629. The molecule has 32 heavy (non-hydrogen) atoms. The Balaban J connectivity index is 2.45. The van der Waals surface area contributed by atoms with Crippen molar-refractivity contribution in [3.05, 3.63) is 29.8 Å². The van der Waals surface area contributed by atoms with E-state index in [4.69, 9.17) is 24.7 Å². The molecule has 184 valence electrons. The van der Waals surface area contributed by atoms with Crippen molar-refractivity contribution < 1.29 is 23.7 Å². The zero-order valence-electron chi connectivity index (χ0n) is 19.9. The molecule has 0 aliphatic rings. The molecule has 0 saturated carbocycles. The molecule has 0 aliphatic carbocycles. The fourth-order valence-corrected chi connectivity index (χ4v) is 4.48. The van der Waals surface area contributed by atoms with Crippen LogP contribution in [-0.4, -0.2) is 68.8 Å². The molecule has 0 heterocycles. The van der Waals surface area contributed by atoms with Gasteiger partial charge in [-0.2, -0.15) is 0 Å². The van der Waals surface area contributed by atoms with Gasteiger partial charge in [0.25, 0.3) is 5.91 Å². The minimum absolute atomic E-state index is 0.0968. The number of ether oxygens (including phenoxy) is 4. The van der Waals surface area contributed by atoms with Crippen molar-refractivity contribution in [1.82, 2.24) is 5.32 Å². The Hall–Kier alpha value is -0.970. The highest BCUT2D eigenvalue weighted by Crippen LogP contribution is 2.38. The Labute approximate surface area is 201 Å². The quantitative estimate of drug-likeness (QED) is 0.181. The van der Waals surface area contributed by atoms with Crippen LogP contribution in [0.3, 0.4) is 0 Å². The van der Waals surface area contributed by atoms with Crippen LogP contribution in [0.2, 0.25) is 0 Å². The van der Waals surface area contributed by atoms with Gasteiger partial charge in [-0.05, 0) is 24.6 Å². The van der Waals surface area contributed by atoms with Gasteiger partial charge in [-0.1, -0.05) is 61.8 Å². The first kappa shape index (κ1) is 29.1. The molecule has 0 aliphatic heterocycles. The first-order chi connectivity index (χ1) is 15.4. The number of amides is 1. The topological polar surface area (TPSA) is 92.0 Å². The van der Waals surface area contributed by atoms with E-state index in [1.165, 1.54) is 0 Å². The zero-order chi connectivity index (χ0) is 23.7. The summed E-state index contributed by atoms with van der Waals surface area (Å²) in [7, 11) is 3.39. The summed E-state index contributed by atoms with van der Waals surface area (Å²) in [6, 6.07) is 7.11. The smallest absolute Gasteiger partial charge is 0.251 e. The SMILES string of the molecule is CCCCOCCOCCOC(COc1cccc(C(=O)NCCN)c1)SSC(C)(C)C. The molecule has 1 atom stereocenters. The number of unbranched alkanes of at least 4 members (excludes halogenated alkanes) is 1. The summed E-state index contributed by atoms with van der Waals surface area (Å²) in [5.41, 5.74) is 5.82. The lowest BCUT2D eigenvalue weighted by atomic mass is 10.2. The third-order valence-electron chi connectivity index (χ3n) is 3.86. The number of carbonyl (C=O) groups excluding carboxylic acids is 1. The molecule has 1 aromatic carbocycles. The average molecular weight is 489 g/mol. The molecule has 0 bridgehead atoms. The van der Waals surface area contributed by atoms with Crippen LogP contribution < -0.4 is 15.8 Å². The summed E-state index contributed by atoms with van der Waals surface area (Å²) in [5.74, 6) is 0.461. The second-order valence-corrected chi connectivity index (χ2v) is 11.2. The lowest BCUT2D eigenvalue weighted by Crippen LogP contribution is -2.29. The van der Waals surface area contributed by atoms with E-state index in [9.17, 15) is 4.79 Å². The highest BCUT2D eigenvalue weighted by atomic mass is 33.1. The number of nitrogens with one attached hydrogen (secondary N) is 1. The summed E-state index contributed by atoms with van der Waals surface area (Å²) in [5, 5.41) is 2.76. The second-order valence-electron chi connectivity index (χ2n) is 8.05. The predicted octanol–water partition coefficient (Wildman–Crippen LogP) is 4.11. The van der Waals surface area contributed by atoms with Crippen molar-refractivity contribution in [2.75, 3.05) is 52.7 Å². The number of nitrogens with two attached hydrogens (primary N) is 1. The molecule has 1 aromatic rings. The molecule has 9 heteroatoms. The van der Waals surface area contributed by atoms with Crippen LogP contribution in [0.15, 0.2) is 24.3 Å². The third kappa shape index (κ3) is 15.0. The molecule has 1 rings (SSSR count). The summed E-state index contributed by atoms with van der Waals surface area (Å²) in [6.45, 7) is 12.8. The molecule has 0 aromatic heterocycles. The molecular weight excluding hydrogens is 448 g/mol. The maximum Gasteiger partial charge on any atom is 0.251 e. The lowest BCUT2D eigenvalue weighted by Gasteiger charge is -2.22. The molecule has 3 N–H and O–H groups in total. The monoisotopic (exact) mass is 488 g/mol. The summed E-state index contributed by atoms with van der Waals surface area (Å²) < 4.78 is 23.1. The second kappa shape index (κ2) is 17.5. The number of benzene rings is 1. The van der Waals surface area contributed by atoms with Crippen LogP contribution >= 0.6 is 21.6 Å². The van der Waals surface area contributed by atoms with Gasteiger partial charge in [0.15, 0.2) is 0 Å². The van der Waals surface area contributed by atoms with Crippen molar-refractivity contribution in [3.8, 4) is 5.75 Å². The van der Waals surface area contributed by atoms with Crippen LogP contribution in [0, 0.1) is 0 Å². The largest absolute Gasteiger partial charge is 0.490 e. The molecule has 1 amide bonds. The van der Waals surface area contributed by atoms with Crippen molar-refractivity contribution in [1.29, 1.82) is 0 Å². The standard InChI is InChI=1S/C23H40N2O5S2/c1-5-6-12-27-13-14-28-15-16-29-21(31-32-23(2,3)4)18-30-20-9-7-8-19(17-20)22(26)25-11-10-24/h7-9,17,21H,5-6,10-16,18,24H2,1-4H3,(H,25,26). The first-order valence-corrected chi connectivity index (χ1v) is 13.4. The Morgan fingerprint density at radius 3 is 2.53 bits per heavy atom. The van der Waals surface area contributed by atoms with Gasteiger partial charge in [0.05, 0.1) is 26.4 Å². The van der Waals surface area contributed by atoms with Crippen LogP contribution in [0.1, 0.15) is 50.9 Å². The van der Waals surface area contributed by atoms with E-state index in [0.29, 0.717) is 57.4 Å². The van der Waals surface area contributed by atoms with Crippen molar-refractivity contribution in [2.24, 2.45) is 5.73 Å². The fraction of sp³-hybridized carbons (Fsp3) is 0.696. The summed E-state index contributed by atoms with van der Waals surface area (Å²) in [6.07, 6.45) is 2.21. The molecule has 0 saturated heterocycles. The van der Waals surface area contributed by atoms with Crippen molar-refractivity contribution >= 4 is 27.5 Å². The Morgan fingerprint density at radius 1 is 1.12 bits per heavy atom. The minimum Gasteiger partial charge on any atom is -0.490 e. The summed E-state index contributed by atoms with van der Waals surface area (Å²) >= 11 is 0. The third-order valence-corrected chi connectivity index (χ3v) is 7.38. The highest BCUT2D eigenvalue weighted by Gasteiger charge is 2.18. The van der Waals surface area contributed by atoms with E-state index >= 15 is 0 Å². The van der Waals surface area contributed by atoms with E-state index in [1.807, 2.05) is 6.07 Å². The van der Waals surface area contributed by atoms with E-state index in [1.54, 1.807) is 39.8 Å². The number of carbonyl (C=O) groups is 1. The average Bonchev–Trinajstić information content (AvgIpc) is 2.77. The van der Waals surface area contributed by atoms with Gasteiger partial charge >= 0.3 is 0 Å². The van der Waals surface area contributed by atoms with E-state index < -0.39 is 0 Å². The maximum atomic E-state index is 12.1. The molecule has 0 fully saturated rings. The van der Waals surface area contributed by atoms with E-state index in [0.717, 1.165) is 19.4 Å². The van der Waals surface area contributed by atoms with Crippen molar-refractivity contribution in [2.45, 2.75) is 50.7 Å². The Morgan fingerprint density at radius 2 is 1.84 bits per heavy atom. The van der Waals surface area contributed by atoms with Crippen molar-refractivity contribution in [3.63, 3.8) is 0 Å². The molecular formula is C23H40N2O5S2. The van der Waals surface area contributed by atoms with E-state index in [-0.39, 0.29) is 16.1 Å². The van der Waals surface area contributed by atoms with Gasteiger partial charge in [0.2, 0.25) is 0 Å². The summed E-state index contributed by atoms with van der Waals surface area (Å²) in [4.78, 5) is 12.1. The van der Waals surface area contributed by atoms with Crippen LogP contribution in [0.5, 0.6) is 5.75 Å². The molecule has 7 nitrogen and oxygen atoms in total. The van der Waals surface area contributed by atoms with Gasteiger partial charge in [0, 0.05) is 30.0 Å². The predicted molar refractivity (Wildman–Crippen MR) is 135 cm³/mol. The zero-order valence-corrected chi connectivity index (χ0v) is 21.5. The maximum absolute atomic E-state index is 12.1. The van der Waals surface area contributed by atoms with Gasteiger partial charge in [0.1, 0.15) is 17.8 Å². The fourth-order valence-electron chi connectivity index (χ4n) is 2.29. The normalized spacial score (nSPS) is 12.5. The lowest BCUT2D eigenvalue weighted by molar-refractivity contribution is 0.00138. The van der Waals surface area contributed by atoms with Gasteiger partial charge in [-0.25, -0.2) is 0 Å².